The van der Waals surface area contributed by atoms with E-state index >= 15 is 0 Å². The van der Waals surface area contributed by atoms with Gasteiger partial charge in [-0.1, -0.05) is 11.6 Å². The molecule has 0 saturated carbocycles. The minimum atomic E-state index is 0.617. The molecule has 0 amide bonds. The summed E-state index contributed by atoms with van der Waals surface area (Å²) in [5.41, 5.74) is 0.755. The lowest BCUT2D eigenvalue weighted by Gasteiger charge is -2.08. The van der Waals surface area contributed by atoms with Crippen LogP contribution in [0.25, 0.3) is 0 Å². The SMILES string of the molecule is COc1c(Nc2ccnc(C)n2)cc(Cl)c[n+]1C. The molecule has 2 rings (SSSR count). The second-order valence-corrected chi connectivity index (χ2v) is 4.24. The largest absolute Gasteiger partial charge is 0.446 e. The van der Waals surface area contributed by atoms with Gasteiger partial charge in [-0.25, -0.2) is 9.97 Å². The summed E-state index contributed by atoms with van der Waals surface area (Å²) in [4.78, 5) is 8.32. The van der Waals surface area contributed by atoms with Crippen molar-refractivity contribution in [2.75, 3.05) is 12.4 Å². The number of nitrogens with zero attached hydrogens (tertiary/aromatic N) is 3. The maximum Gasteiger partial charge on any atom is 0.391 e. The van der Waals surface area contributed by atoms with Gasteiger partial charge in [0.1, 0.15) is 23.7 Å². The van der Waals surface area contributed by atoms with Crippen LogP contribution in [0.1, 0.15) is 5.82 Å². The summed E-state index contributed by atoms with van der Waals surface area (Å²) in [5, 5.41) is 3.78. The van der Waals surface area contributed by atoms with Crippen molar-refractivity contribution in [1.29, 1.82) is 0 Å². The van der Waals surface area contributed by atoms with Gasteiger partial charge in [-0.3, -0.25) is 0 Å². The fourth-order valence-corrected chi connectivity index (χ4v) is 1.93. The van der Waals surface area contributed by atoms with E-state index in [0.717, 1.165) is 5.69 Å². The predicted octanol–water partition coefficient (Wildman–Crippen LogP) is 2.02. The topological polar surface area (TPSA) is 50.9 Å². The Kier molecular flexibility index (Phi) is 3.62. The molecule has 0 aliphatic rings. The molecule has 0 fully saturated rings. The number of halogens is 1. The molecule has 2 aromatic heterocycles. The van der Waals surface area contributed by atoms with Gasteiger partial charge in [0.05, 0.1) is 7.11 Å². The van der Waals surface area contributed by atoms with E-state index in [-0.39, 0.29) is 0 Å². The van der Waals surface area contributed by atoms with Crippen LogP contribution in [0.2, 0.25) is 5.02 Å². The Morgan fingerprint density at radius 2 is 2.22 bits per heavy atom. The van der Waals surface area contributed by atoms with Crippen LogP contribution in [0.4, 0.5) is 11.5 Å². The Balaban J connectivity index is 2.39. The first-order valence-corrected chi connectivity index (χ1v) is 5.78. The molecule has 2 aromatic rings. The van der Waals surface area contributed by atoms with Crippen LogP contribution in [0.5, 0.6) is 5.88 Å². The monoisotopic (exact) mass is 265 g/mol. The Hall–Kier alpha value is -1.88. The quantitative estimate of drug-likeness (QED) is 0.863. The van der Waals surface area contributed by atoms with Crippen LogP contribution < -0.4 is 14.6 Å². The Morgan fingerprint density at radius 3 is 2.89 bits per heavy atom. The van der Waals surface area contributed by atoms with Gasteiger partial charge >= 0.3 is 5.88 Å². The predicted molar refractivity (Wildman–Crippen MR) is 69.2 cm³/mol. The van der Waals surface area contributed by atoms with Gasteiger partial charge < -0.3 is 10.1 Å². The molecular formula is C12H14ClN4O+. The fraction of sp³-hybridized carbons (Fsp3) is 0.250. The van der Waals surface area contributed by atoms with E-state index in [1.54, 1.807) is 36.2 Å². The Morgan fingerprint density at radius 1 is 1.44 bits per heavy atom. The lowest BCUT2D eigenvalue weighted by atomic mass is 10.3. The Bertz CT molecular complexity index is 574. The minimum absolute atomic E-state index is 0.617. The van der Waals surface area contributed by atoms with Gasteiger partial charge in [0, 0.05) is 6.20 Å². The number of hydrogen-bond donors (Lipinski definition) is 1. The molecule has 94 valence electrons. The highest BCUT2D eigenvalue weighted by Gasteiger charge is 2.16. The maximum absolute atomic E-state index is 6.03. The lowest BCUT2D eigenvalue weighted by Crippen LogP contribution is -2.30. The van der Waals surface area contributed by atoms with Crippen molar-refractivity contribution in [1.82, 2.24) is 9.97 Å². The molecule has 6 heteroatoms. The summed E-state index contributed by atoms with van der Waals surface area (Å²) in [5.74, 6) is 2.07. The van der Waals surface area contributed by atoms with Gasteiger partial charge in [0.15, 0.2) is 11.9 Å². The third-order valence-electron chi connectivity index (χ3n) is 2.38. The molecule has 0 radical (unpaired) electrons. The summed E-state index contributed by atoms with van der Waals surface area (Å²) < 4.78 is 7.14. The summed E-state index contributed by atoms with van der Waals surface area (Å²) in [7, 11) is 3.47. The minimum Gasteiger partial charge on any atom is -0.446 e. The van der Waals surface area contributed by atoms with E-state index in [1.807, 2.05) is 14.0 Å². The smallest absolute Gasteiger partial charge is 0.391 e. The first-order chi connectivity index (χ1) is 8.60. The van der Waals surface area contributed by atoms with E-state index in [4.69, 9.17) is 16.3 Å². The lowest BCUT2D eigenvalue weighted by molar-refractivity contribution is -0.675. The van der Waals surface area contributed by atoms with Crippen LogP contribution in [0, 0.1) is 6.92 Å². The molecule has 0 bridgehead atoms. The van der Waals surface area contributed by atoms with Crippen molar-refractivity contribution in [2.24, 2.45) is 7.05 Å². The number of hydrogen-bond acceptors (Lipinski definition) is 4. The third-order valence-corrected chi connectivity index (χ3v) is 2.59. The average Bonchev–Trinajstić information content (AvgIpc) is 2.28. The molecule has 18 heavy (non-hydrogen) atoms. The normalized spacial score (nSPS) is 10.2. The molecule has 5 nitrogen and oxygen atoms in total. The van der Waals surface area contributed by atoms with Gasteiger partial charge in [0.2, 0.25) is 0 Å². The van der Waals surface area contributed by atoms with Crippen molar-refractivity contribution in [2.45, 2.75) is 6.92 Å². The summed E-state index contributed by atoms with van der Waals surface area (Å²) >= 11 is 6.03. The van der Waals surface area contributed by atoms with E-state index in [2.05, 4.69) is 15.3 Å². The van der Waals surface area contributed by atoms with Crippen LogP contribution in [0.3, 0.4) is 0 Å². The molecule has 0 saturated heterocycles. The summed E-state index contributed by atoms with van der Waals surface area (Å²) in [6, 6.07) is 3.57. The van der Waals surface area contributed by atoms with Gasteiger partial charge in [-0.15, -0.1) is 0 Å². The molecule has 0 atom stereocenters. The standard InChI is InChI=1S/C12H14ClN4O/c1-8-14-5-4-11(15-8)16-10-6-9(13)7-17(2)12(10)18-3/h4-7H,1-3H3,(H,14,15,16)/q+1. The number of methoxy groups -OCH3 is 1. The maximum atomic E-state index is 6.03. The zero-order chi connectivity index (χ0) is 13.1. The molecular weight excluding hydrogens is 252 g/mol. The van der Waals surface area contributed by atoms with Crippen molar-refractivity contribution < 1.29 is 9.30 Å². The first-order valence-electron chi connectivity index (χ1n) is 5.40. The third kappa shape index (κ3) is 2.68. The first kappa shape index (κ1) is 12.6. The number of pyridine rings is 1. The molecule has 0 unspecified atom stereocenters. The van der Waals surface area contributed by atoms with Gasteiger partial charge in [-0.05, 0) is 19.1 Å². The second-order valence-electron chi connectivity index (χ2n) is 3.81. The summed E-state index contributed by atoms with van der Waals surface area (Å²) in [6.45, 7) is 1.83. The average molecular weight is 266 g/mol. The molecule has 0 aromatic carbocycles. The van der Waals surface area contributed by atoms with E-state index in [1.165, 1.54) is 0 Å². The zero-order valence-corrected chi connectivity index (χ0v) is 11.2. The van der Waals surface area contributed by atoms with Gasteiger partial charge in [0.25, 0.3) is 0 Å². The highest BCUT2D eigenvalue weighted by molar-refractivity contribution is 6.30. The zero-order valence-electron chi connectivity index (χ0n) is 10.4. The highest BCUT2D eigenvalue weighted by atomic mass is 35.5. The van der Waals surface area contributed by atoms with Crippen LogP contribution in [-0.2, 0) is 7.05 Å². The van der Waals surface area contributed by atoms with Crippen molar-refractivity contribution in [3.63, 3.8) is 0 Å². The molecule has 0 aliphatic carbocycles. The number of nitrogens with one attached hydrogen (secondary N) is 1. The molecule has 0 spiro atoms. The number of aromatic nitrogens is 3. The number of anilines is 2. The highest BCUT2D eigenvalue weighted by Crippen LogP contribution is 2.25. The van der Waals surface area contributed by atoms with Crippen LogP contribution in [-0.4, -0.2) is 17.1 Å². The van der Waals surface area contributed by atoms with Crippen LogP contribution in [0.15, 0.2) is 24.5 Å². The van der Waals surface area contributed by atoms with Crippen molar-refractivity contribution in [3.8, 4) is 5.88 Å². The van der Waals surface area contributed by atoms with Crippen LogP contribution >= 0.6 is 11.6 Å². The summed E-state index contributed by atoms with van der Waals surface area (Å²) in [6.07, 6.45) is 3.47. The van der Waals surface area contributed by atoms with Crippen molar-refractivity contribution >= 4 is 23.1 Å². The number of rotatable bonds is 3. The number of aryl methyl sites for hydroxylation is 2. The van der Waals surface area contributed by atoms with E-state index in [9.17, 15) is 0 Å². The number of ether oxygens (including phenoxy) is 1. The Labute approximate surface area is 110 Å². The van der Waals surface area contributed by atoms with Crippen molar-refractivity contribution in [3.05, 3.63) is 35.4 Å². The van der Waals surface area contributed by atoms with E-state index < -0.39 is 0 Å². The molecule has 1 N–H and O–H groups in total. The molecule has 2 heterocycles. The van der Waals surface area contributed by atoms with E-state index in [0.29, 0.717) is 22.5 Å². The second kappa shape index (κ2) is 5.18. The molecule has 0 aliphatic heterocycles. The van der Waals surface area contributed by atoms with Gasteiger partial charge in [-0.2, -0.15) is 4.57 Å². The fourth-order valence-electron chi connectivity index (χ4n) is 1.68.